The van der Waals surface area contributed by atoms with Crippen LogP contribution in [0, 0.1) is 35.4 Å². The number of thiophene rings is 1. The highest BCUT2D eigenvalue weighted by Gasteiger charge is 2.70. The average molecular weight is 668 g/mol. The Balaban J connectivity index is 1.07. The van der Waals surface area contributed by atoms with E-state index in [1.165, 1.54) is 40.5 Å². The predicted octanol–water partition coefficient (Wildman–Crippen LogP) is 6.58. The van der Waals surface area contributed by atoms with E-state index in [1.54, 1.807) is 27.7 Å². The van der Waals surface area contributed by atoms with Crippen molar-refractivity contribution in [3.05, 3.63) is 109 Å². The summed E-state index contributed by atoms with van der Waals surface area (Å²) in [6.45, 7) is -0.120. The summed E-state index contributed by atoms with van der Waals surface area (Å²) in [6, 6.07) is 23.2. The van der Waals surface area contributed by atoms with Crippen LogP contribution in [0.15, 0.2) is 94.1 Å². The number of thiazole rings is 1. The predicted molar refractivity (Wildman–Crippen MR) is 178 cm³/mol. The third kappa shape index (κ3) is 4.07. The summed E-state index contributed by atoms with van der Waals surface area (Å²) in [5.74, 6) is -2.10. The Kier molecular flexibility index (Phi) is 6.42. The number of imide groups is 1. The van der Waals surface area contributed by atoms with E-state index in [0.29, 0.717) is 11.4 Å². The van der Waals surface area contributed by atoms with Crippen molar-refractivity contribution in [3.8, 4) is 0 Å². The number of thioether (sulfide) groups is 1. The van der Waals surface area contributed by atoms with Crippen molar-refractivity contribution < 1.29 is 18.8 Å². The second-order valence-electron chi connectivity index (χ2n) is 12.5. The molecule has 5 aromatic rings. The molecule has 2 saturated carbocycles. The smallest absolute Gasteiger partial charge is 0.308 e. The van der Waals surface area contributed by atoms with E-state index in [9.17, 15) is 23.6 Å². The Morgan fingerprint density at radius 2 is 1.65 bits per heavy atom. The molecule has 1 N–H and O–H groups in total. The zero-order valence-electron chi connectivity index (χ0n) is 24.2. The molecule has 7 unspecified atom stereocenters. The maximum absolute atomic E-state index is 13.9. The van der Waals surface area contributed by atoms with Crippen molar-refractivity contribution in [2.75, 3.05) is 10.2 Å². The van der Waals surface area contributed by atoms with Gasteiger partial charge in [-0.25, -0.2) is 4.39 Å². The molecule has 2 bridgehead atoms. The van der Waals surface area contributed by atoms with Crippen LogP contribution >= 0.6 is 34.4 Å². The molecule has 3 fully saturated rings. The number of benzene rings is 3. The topological polar surface area (TPSA) is 88.5 Å². The highest BCUT2D eigenvalue weighted by molar-refractivity contribution is 8.00. The molecule has 11 heteroatoms. The van der Waals surface area contributed by atoms with Crippen LogP contribution in [0.2, 0.25) is 0 Å². The van der Waals surface area contributed by atoms with Gasteiger partial charge < -0.3 is 5.32 Å². The van der Waals surface area contributed by atoms with Gasteiger partial charge in [-0.1, -0.05) is 53.8 Å². The van der Waals surface area contributed by atoms with E-state index >= 15 is 0 Å². The zero-order valence-corrected chi connectivity index (χ0v) is 26.6. The third-order valence-electron chi connectivity index (χ3n) is 10.2. The van der Waals surface area contributed by atoms with Crippen molar-refractivity contribution in [1.29, 1.82) is 0 Å². The minimum Gasteiger partial charge on any atom is -0.324 e. The molecule has 230 valence electrons. The van der Waals surface area contributed by atoms with Gasteiger partial charge in [0, 0.05) is 32.0 Å². The molecule has 0 spiro atoms. The Morgan fingerprint density at radius 3 is 2.43 bits per heavy atom. The minimum absolute atomic E-state index is 0.0112. The summed E-state index contributed by atoms with van der Waals surface area (Å²) in [5, 5.41) is 7.79. The van der Waals surface area contributed by atoms with E-state index in [0.717, 1.165) is 32.0 Å². The Morgan fingerprint density at radius 1 is 0.891 bits per heavy atom. The number of amides is 3. The molecule has 2 aromatic heterocycles. The number of fused-ring (bicyclic) bond motifs is 10. The Hall–Kier alpha value is -4.06. The van der Waals surface area contributed by atoms with Gasteiger partial charge in [0.25, 0.3) is 0 Å². The fourth-order valence-electron chi connectivity index (χ4n) is 8.55. The van der Waals surface area contributed by atoms with Crippen LogP contribution in [-0.2, 0) is 20.9 Å². The van der Waals surface area contributed by atoms with Gasteiger partial charge in [0.1, 0.15) is 12.4 Å². The number of nitrogens with zero attached hydrogens (tertiary/aromatic N) is 2. The maximum atomic E-state index is 13.9. The van der Waals surface area contributed by atoms with Crippen LogP contribution in [0.25, 0.3) is 10.8 Å². The van der Waals surface area contributed by atoms with Gasteiger partial charge in [-0.3, -0.25) is 28.6 Å². The molecule has 0 radical (unpaired) electrons. The number of rotatable bonds is 5. The van der Waals surface area contributed by atoms with Crippen LogP contribution in [0.5, 0.6) is 0 Å². The molecule has 3 amide bonds. The number of carbonyl (C=O) groups is 3. The molecule has 3 aromatic carbocycles. The first-order valence-electron chi connectivity index (χ1n) is 15.2. The van der Waals surface area contributed by atoms with Crippen LogP contribution < -0.4 is 15.1 Å². The molecule has 2 aliphatic carbocycles. The quantitative estimate of drug-likeness (QED) is 0.214. The standard InChI is InChI=1S/C35H26FN3O4S3/c36-18-10-12-19(13-11-18)39-32(41)27-21-15-22(28(27)33(39)42)30-26(21)29(24-9-4-14-44-24)31-34(45-30)38(35(43)46-31)16-25(40)37-23-8-3-6-17-5-1-2-7-20(17)23/h1-14,21-22,26-30H,15-16H2,(H,37,40). The van der Waals surface area contributed by atoms with E-state index in [2.05, 4.69) is 11.4 Å². The molecular formula is C35H26FN3O4S3. The van der Waals surface area contributed by atoms with Gasteiger partial charge in [0.05, 0.1) is 22.5 Å². The lowest BCUT2D eigenvalue weighted by Crippen LogP contribution is -2.43. The number of hydrogen-bond donors (Lipinski definition) is 1. The second kappa shape index (κ2) is 10.5. The number of halogens is 1. The maximum Gasteiger partial charge on any atom is 0.308 e. The lowest BCUT2D eigenvalue weighted by molar-refractivity contribution is -0.123. The SMILES string of the molecule is O=C(Cn1c2c(sc1=O)C(c1cccs1)C1C3CC(C1S2)C1C(=O)N(c2ccc(F)cc2)C(=O)C31)Nc1cccc2ccccc12. The molecular weight excluding hydrogens is 642 g/mol. The van der Waals surface area contributed by atoms with E-state index in [-0.39, 0.29) is 58.1 Å². The molecule has 4 aliphatic rings. The highest BCUT2D eigenvalue weighted by Crippen LogP contribution is 2.69. The lowest BCUT2D eigenvalue weighted by Gasteiger charge is -2.42. The molecule has 9 rings (SSSR count). The van der Waals surface area contributed by atoms with Crippen LogP contribution in [0.1, 0.15) is 22.1 Å². The Bertz CT molecular complexity index is 2120. The summed E-state index contributed by atoms with van der Waals surface area (Å²) >= 11 is 4.43. The minimum atomic E-state index is -0.449. The number of hydrogen-bond acceptors (Lipinski definition) is 7. The van der Waals surface area contributed by atoms with E-state index in [4.69, 9.17) is 0 Å². The zero-order chi connectivity index (χ0) is 31.3. The summed E-state index contributed by atoms with van der Waals surface area (Å²) < 4.78 is 15.3. The first-order chi connectivity index (χ1) is 22.4. The Labute approximate surface area is 275 Å². The largest absolute Gasteiger partial charge is 0.324 e. The number of carbonyl (C=O) groups excluding carboxylic acids is 3. The molecule has 7 atom stereocenters. The summed E-state index contributed by atoms with van der Waals surface area (Å²) in [6.07, 6.45) is 0.773. The van der Waals surface area contributed by atoms with Crippen LogP contribution in [-0.4, -0.2) is 27.5 Å². The number of nitrogens with one attached hydrogen (secondary N) is 1. The first-order valence-corrected chi connectivity index (χ1v) is 17.8. The van der Waals surface area contributed by atoms with Gasteiger partial charge in [0.15, 0.2) is 0 Å². The normalized spacial score (nSPS) is 27.6. The van der Waals surface area contributed by atoms with Gasteiger partial charge in [0.2, 0.25) is 17.7 Å². The van der Waals surface area contributed by atoms with E-state index < -0.39 is 17.7 Å². The molecule has 1 saturated heterocycles. The van der Waals surface area contributed by atoms with Crippen LogP contribution in [0.3, 0.4) is 0 Å². The first kappa shape index (κ1) is 28.2. The van der Waals surface area contributed by atoms with Crippen molar-refractivity contribution >= 4 is 74.3 Å². The highest BCUT2D eigenvalue weighted by atomic mass is 32.2. The van der Waals surface area contributed by atoms with Crippen molar-refractivity contribution in [3.63, 3.8) is 0 Å². The van der Waals surface area contributed by atoms with Crippen LogP contribution in [0.4, 0.5) is 15.8 Å². The average Bonchev–Trinajstić information content (AvgIpc) is 3.88. The van der Waals surface area contributed by atoms with Gasteiger partial charge in [-0.2, -0.15) is 0 Å². The lowest BCUT2D eigenvalue weighted by atomic mass is 9.69. The number of aromatic nitrogens is 1. The molecule has 46 heavy (non-hydrogen) atoms. The summed E-state index contributed by atoms with van der Waals surface area (Å²) in [7, 11) is 0. The van der Waals surface area contributed by atoms with E-state index in [1.807, 2.05) is 53.9 Å². The van der Waals surface area contributed by atoms with Crippen molar-refractivity contribution in [2.24, 2.45) is 29.6 Å². The summed E-state index contributed by atoms with van der Waals surface area (Å²) in [5.41, 5.74) is 1.10. The van der Waals surface area contributed by atoms with Crippen molar-refractivity contribution in [2.45, 2.75) is 29.2 Å². The second-order valence-corrected chi connectivity index (χ2v) is 15.6. The summed E-state index contributed by atoms with van der Waals surface area (Å²) in [4.78, 5) is 58.0. The molecule has 4 heterocycles. The van der Waals surface area contributed by atoms with Gasteiger partial charge in [-0.05, 0) is 71.3 Å². The monoisotopic (exact) mass is 667 g/mol. The molecule has 2 aliphatic heterocycles. The number of anilines is 2. The van der Waals surface area contributed by atoms with Gasteiger partial charge in [-0.15, -0.1) is 23.1 Å². The van der Waals surface area contributed by atoms with Crippen molar-refractivity contribution in [1.82, 2.24) is 4.57 Å². The fourth-order valence-corrected chi connectivity index (χ4v) is 12.7. The molecule has 7 nitrogen and oxygen atoms in total. The van der Waals surface area contributed by atoms with Gasteiger partial charge >= 0.3 is 4.87 Å². The fraction of sp³-hybridized carbons (Fsp3) is 0.257. The third-order valence-corrected chi connectivity index (χ3v) is 14.0.